The first-order chi connectivity index (χ1) is 16.3. The van der Waals surface area contributed by atoms with Gasteiger partial charge in [0, 0.05) is 0 Å². The lowest BCUT2D eigenvalue weighted by Crippen LogP contribution is -2.19. The van der Waals surface area contributed by atoms with E-state index in [-0.39, 0.29) is 18.8 Å². The molecule has 0 fully saturated rings. The molecule has 7 nitrogen and oxygen atoms in total. The van der Waals surface area contributed by atoms with Crippen LogP contribution in [0, 0.1) is 0 Å². The van der Waals surface area contributed by atoms with Crippen LogP contribution in [-0.4, -0.2) is 38.1 Å². The maximum atomic E-state index is 12.7. The first-order valence-corrected chi connectivity index (χ1v) is 13.4. The van der Waals surface area contributed by atoms with E-state index in [9.17, 15) is 22.6 Å². The molecule has 0 bridgehead atoms. The van der Waals surface area contributed by atoms with Crippen molar-refractivity contribution >= 4 is 22.1 Å². The Kier molecular flexibility index (Phi) is 14.8. The Bertz CT molecular complexity index is 890. The zero-order valence-electron chi connectivity index (χ0n) is 20.0. The lowest BCUT2D eigenvalue weighted by atomic mass is 10.1. The summed E-state index contributed by atoms with van der Waals surface area (Å²) in [7, 11) is -4.75. The van der Waals surface area contributed by atoms with Gasteiger partial charge in [-0.1, -0.05) is 56.7 Å². The van der Waals surface area contributed by atoms with Gasteiger partial charge in [-0.05, 0) is 50.7 Å². The van der Waals surface area contributed by atoms with Gasteiger partial charge in [0.15, 0.2) is 0 Å². The minimum atomic E-state index is -4.75. The van der Waals surface area contributed by atoms with Gasteiger partial charge in [0.2, 0.25) is 0 Å². The molecule has 0 aromatic heterocycles. The lowest BCUT2D eigenvalue weighted by Gasteiger charge is -2.13. The molecule has 0 spiro atoms. The summed E-state index contributed by atoms with van der Waals surface area (Å²) < 4.78 is 43.7. The van der Waals surface area contributed by atoms with Crippen molar-refractivity contribution in [3.05, 3.63) is 54.6 Å². The van der Waals surface area contributed by atoms with Gasteiger partial charge in [-0.3, -0.25) is 4.55 Å². The molecule has 0 unspecified atom stereocenters. The Morgan fingerprint density at radius 1 is 0.765 bits per heavy atom. The number of ether oxygens (including phenoxy) is 2. The van der Waals surface area contributed by atoms with Crippen LogP contribution >= 0.6 is 0 Å². The largest absolute Gasteiger partial charge is 0.462 e. The summed E-state index contributed by atoms with van der Waals surface area (Å²) in [6.07, 6.45) is 15.0. The highest BCUT2D eigenvalue weighted by atomic mass is 32.2. The summed E-state index contributed by atoms with van der Waals surface area (Å²) >= 11 is 0. The average Bonchev–Trinajstić information content (AvgIpc) is 2.81. The molecule has 0 aliphatic heterocycles. The highest BCUT2D eigenvalue weighted by Crippen LogP contribution is 2.22. The van der Waals surface area contributed by atoms with Gasteiger partial charge in [-0.25, -0.2) is 9.59 Å². The zero-order chi connectivity index (χ0) is 25.2. The van der Waals surface area contributed by atoms with Crippen LogP contribution in [0.25, 0.3) is 0 Å². The third-order valence-electron chi connectivity index (χ3n) is 5.30. The molecule has 0 atom stereocenters. The van der Waals surface area contributed by atoms with E-state index < -0.39 is 32.5 Å². The first kappa shape index (κ1) is 29.6. The van der Waals surface area contributed by atoms with Gasteiger partial charge in [0.25, 0.3) is 10.1 Å². The monoisotopic (exact) mass is 494 g/mol. The van der Waals surface area contributed by atoms with Crippen LogP contribution in [0.4, 0.5) is 0 Å². The minimum Gasteiger partial charge on any atom is -0.462 e. The van der Waals surface area contributed by atoms with E-state index in [2.05, 4.69) is 13.2 Å². The van der Waals surface area contributed by atoms with Crippen molar-refractivity contribution in [2.24, 2.45) is 0 Å². The Hall–Kier alpha value is -2.45. The molecule has 0 amide bonds. The highest BCUT2D eigenvalue weighted by Gasteiger charge is 2.28. The van der Waals surface area contributed by atoms with Crippen LogP contribution < -0.4 is 0 Å². The smallest absolute Gasteiger partial charge is 0.340 e. The molecule has 8 heteroatoms. The molecule has 1 aromatic carbocycles. The maximum absolute atomic E-state index is 12.7. The third-order valence-corrected chi connectivity index (χ3v) is 6.20. The standard InChI is InChI=1S/C26H38O7S/c1-3-5-7-9-11-13-15-20-32-25(27)22-18-17-19-23(34(29,30)31)24(22)26(28)33-21-16-14-12-10-8-6-4-2/h3-4,17-19H,1-2,5-16,20-21H2,(H,29,30,31). The molecule has 0 aliphatic carbocycles. The number of esters is 2. The van der Waals surface area contributed by atoms with E-state index in [1.807, 2.05) is 12.2 Å². The molecule has 1 aromatic rings. The van der Waals surface area contributed by atoms with Crippen molar-refractivity contribution in [2.45, 2.75) is 81.9 Å². The number of hydrogen-bond acceptors (Lipinski definition) is 6. The normalized spacial score (nSPS) is 11.1. The van der Waals surface area contributed by atoms with Crippen molar-refractivity contribution in [3.63, 3.8) is 0 Å². The average molecular weight is 495 g/mol. The second-order valence-electron chi connectivity index (χ2n) is 8.12. The van der Waals surface area contributed by atoms with E-state index in [0.717, 1.165) is 70.3 Å². The van der Waals surface area contributed by atoms with Crippen molar-refractivity contribution in [3.8, 4) is 0 Å². The van der Waals surface area contributed by atoms with Crippen LogP contribution in [0.15, 0.2) is 48.4 Å². The molecule has 1 rings (SSSR count). The second kappa shape index (κ2) is 17.1. The third kappa shape index (κ3) is 11.6. The lowest BCUT2D eigenvalue weighted by molar-refractivity contribution is 0.0446. The van der Waals surface area contributed by atoms with Gasteiger partial charge >= 0.3 is 11.9 Å². The molecule has 0 saturated heterocycles. The van der Waals surface area contributed by atoms with E-state index in [4.69, 9.17) is 9.47 Å². The van der Waals surface area contributed by atoms with E-state index >= 15 is 0 Å². The Morgan fingerprint density at radius 2 is 1.24 bits per heavy atom. The number of hydrogen-bond donors (Lipinski definition) is 1. The molecule has 0 saturated carbocycles. The number of carbonyl (C=O) groups excluding carboxylic acids is 2. The summed E-state index contributed by atoms with van der Waals surface area (Å²) in [6, 6.07) is 3.63. The summed E-state index contributed by atoms with van der Waals surface area (Å²) in [4.78, 5) is 24.6. The molecule has 0 heterocycles. The summed E-state index contributed by atoms with van der Waals surface area (Å²) in [5, 5.41) is 0. The molecule has 0 radical (unpaired) electrons. The topological polar surface area (TPSA) is 107 Å². The molecular formula is C26H38O7S. The Morgan fingerprint density at radius 3 is 1.74 bits per heavy atom. The van der Waals surface area contributed by atoms with Gasteiger partial charge in [-0.2, -0.15) is 8.42 Å². The van der Waals surface area contributed by atoms with Crippen molar-refractivity contribution in [2.75, 3.05) is 13.2 Å². The minimum absolute atomic E-state index is 0.0838. The predicted molar refractivity (Wildman–Crippen MR) is 133 cm³/mol. The first-order valence-electron chi connectivity index (χ1n) is 12.0. The van der Waals surface area contributed by atoms with E-state index in [1.54, 1.807) is 0 Å². The van der Waals surface area contributed by atoms with Crippen molar-refractivity contribution in [1.29, 1.82) is 0 Å². The van der Waals surface area contributed by atoms with Gasteiger partial charge in [0.05, 0.1) is 24.3 Å². The van der Waals surface area contributed by atoms with Gasteiger partial charge in [-0.15, -0.1) is 13.2 Å². The van der Waals surface area contributed by atoms with E-state index in [0.29, 0.717) is 12.8 Å². The van der Waals surface area contributed by atoms with Crippen LogP contribution in [-0.2, 0) is 19.6 Å². The van der Waals surface area contributed by atoms with Gasteiger partial charge in [0.1, 0.15) is 4.90 Å². The molecule has 0 aliphatic rings. The number of unbranched alkanes of at least 4 members (excludes halogenated alkanes) is 10. The Labute approximate surface area is 204 Å². The highest BCUT2D eigenvalue weighted by molar-refractivity contribution is 7.86. The molecule has 1 N–H and O–H groups in total. The summed E-state index contributed by atoms with van der Waals surface area (Å²) in [6.45, 7) is 7.60. The fourth-order valence-corrected chi connectivity index (χ4v) is 4.15. The maximum Gasteiger partial charge on any atom is 0.340 e. The van der Waals surface area contributed by atoms with Crippen molar-refractivity contribution < 1.29 is 32.0 Å². The summed E-state index contributed by atoms with van der Waals surface area (Å²) in [5.74, 6) is -1.81. The fraction of sp³-hybridized carbons (Fsp3) is 0.538. The molecule has 34 heavy (non-hydrogen) atoms. The van der Waals surface area contributed by atoms with Crippen LogP contribution in [0.1, 0.15) is 97.8 Å². The Balaban J connectivity index is 2.69. The number of rotatable bonds is 19. The fourth-order valence-electron chi connectivity index (χ4n) is 3.45. The number of carbonyl (C=O) groups is 2. The van der Waals surface area contributed by atoms with Crippen LogP contribution in [0.5, 0.6) is 0 Å². The zero-order valence-corrected chi connectivity index (χ0v) is 20.8. The molecular weight excluding hydrogens is 456 g/mol. The quantitative estimate of drug-likeness (QED) is 0.104. The predicted octanol–water partition coefficient (Wildman–Crippen LogP) is 6.30. The SMILES string of the molecule is C=CCCCCCCCOC(=O)c1cccc(S(=O)(=O)O)c1C(=O)OCCCCCCCC=C. The van der Waals surface area contributed by atoms with E-state index in [1.165, 1.54) is 12.1 Å². The van der Waals surface area contributed by atoms with Gasteiger partial charge < -0.3 is 9.47 Å². The number of benzene rings is 1. The second-order valence-corrected chi connectivity index (χ2v) is 9.51. The number of allylic oxidation sites excluding steroid dienone is 2. The molecule has 190 valence electrons. The van der Waals surface area contributed by atoms with Crippen molar-refractivity contribution in [1.82, 2.24) is 0 Å². The summed E-state index contributed by atoms with van der Waals surface area (Å²) in [5.41, 5.74) is -0.735. The van der Waals surface area contributed by atoms with Crippen LogP contribution in [0.2, 0.25) is 0 Å². The van der Waals surface area contributed by atoms with Crippen LogP contribution in [0.3, 0.4) is 0 Å².